The van der Waals surface area contributed by atoms with Gasteiger partial charge in [-0.25, -0.2) is 0 Å². The van der Waals surface area contributed by atoms with E-state index in [9.17, 15) is 0 Å². The third-order valence-corrected chi connectivity index (χ3v) is 4.05. The fourth-order valence-electron chi connectivity index (χ4n) is 2.83. The molecule has 2 N–H and O–H groups in total. The second-order valence-electron chi connectivity index (χ2n) is 4.54. The Balaban J connectivity index is 2.62. The highest BCUT2D eigenvalue weighted by Gasteiger charge is 2.36. The monoisotopic (exact) mass is 213 g/mol. The van der Waals surface area contributed by atoms with E-state index < -0.39 is 0 Å². The van der Waals surface area contributed by atoms with E-state index in [4.69, 9.17) is 5.73 Å². The molecule has 0 radical (unpaired) electrons. The normalized spacial score (nSPS) is 22.2. The molecule has 3 heteroatoms. The molecule has 0 aromatic rings. The molecule has 0 spiro atoms. The van der Waals surface area contributed by atoms with Gasteiger partial charge in [0.2, 0.25) is 0 Å². The molecule has 0 aliphatic carbocycles. The SMILES string of the molecule is CCN1CCC(CN)(N(CC)CC)CC1. The van der Waals surface area contributed by atoms with Gasteiger partial charge in [0.05, 0.1) is 0 Å². The van der Waals surface area contributed by atoms with Gasteiger partial charge in [-0.3, -0.25) is 4.90 Å². The van der Waals surface area contributed by atoms with Crippen LogP contribution in [0.5, 0.6) is 0 Å². The van der Waals surface area contributed by atoms with Crippen molar-refractivity contribution in [3.8, 4) is 0 Å². The van der Waals surface area contributed by atoms with Crippen LogP contribution in [0.3, 0.4) is 0 Å². The number of nitrogens with zero attached hydrogens (tertiary/aromatic N) is 2. The minimum absolute atomic E-state index is 0.287. The molecule has 1 fully saturated rings. The minimum atomic E-state index is 0.287. The van der Waals surface area contributed by atoms with Gasteiger partial charge in [-0.1, -0.05) is 20.8 Å². The van der Waals surface area contributed by atoms with Crippen LogP contribution >= 0.6 is 0 Å². The summed E-state index contributed by atoms with van der Waals surface area (Å²) in [4.78, 5) is 5.08. The van der Waals surface area contributed by atoms with Crippen molar-refractivity contribution in [3.63, 3.8) is 0 Å². The summed E-state index contributed by atoms with van der Waals surface area (Å²) in [5.41, 5.74) is 6.30. The largest absolute Gasteiger partial charge is 0.329 e. The first-order valence-corrected chi connectivity index (χ1v) is 6.39. The van der Waals surface area contributed by atoms with Crippen LogP contribution < -0.4 is 5.73 Å². The van der Waals surface area contributed by atoms with E-state index in [2.05, 4.69) is 30.6 Å². The standard InChI is InChI=1S/C12H27N3/c1-4-14-9-7-12(11-13,8-10-14)15(5-2)6-3/h4-11,13H2,1-3H3. The lowest BCUT2D eigenvalue weighted by Crippen LogP contribution is -2.59. The fourth-order valence-corrected chi connectivity index (χ4v) is 2.83. The minimum Gasteiger partial charge on any atom is -0.329 e. The Bertz CT molecular complexity index is 170. The molecule has 1 aliphatic rings. The van der Waals surface area contributed by atoms with Crippen molar-refractivity contribution in [3.05, 3.63) is 0 Å². The Morgan fingerprint density at radius 1 is 1.13 bits per heavy atom. The summed E-state index contributed by atoms with van der Waals surface area (Å²) in [6.07, 6.45) is 2.47. The number of hydrogen-bond acceptors (Lipinski definition) is 3. The topological polar surface area (TPSA) is 32.5 Å². The molecule has 0 amide bonds. The van der Waals surface area contributed by atoms with Gasteiger partial charge in [-0.2, -0.15) is 0 Å². The molecule has 0 atom stereocenters. The smallest absolute Gasteiger partial charge is 0.0355 e. The highest BCUT2D eigenvalue weighted by atomic mass is 15.2. The Morgan fingerprint density at radius 2 is 1.67 bits per heavy atom. The molecule has 1 heterocycles. The van der Waals surface area contributed by atoms with Crippen molar-refractivity contribution in [1.29, 1.82) is 0 Å². The Labute approximate surface area is 94.6 Å². The third kappa shape index (κ3) is 2.71. The highest BCUT2D eigenvalue weighted by molar-refractivity contribution is 4.95. The molecule has 1 rings (SSSR count). The Morgan fingerprint density at radius 3 is 2.00 bits per heavy atom. The molecular formula is C12H27N3. The van der Waals surface area contributed by atoms with Crippen LogP contribution in [0.4, 0.5) is 0 Å². The average Bonchev–Trinajstić information content (AvgIpc) is 2.31. The van der Waals surface area contributed by atoms with Gasteiger partial charge in [-0.15, -0.1) is 0 Å². The maximum Gasteiger partial charge on any atom is 0.0355 e. The summed E-state index contributed by atoms with van der Waals surface area (Å²) in [5.74, 6) is 0. The molecule has 15 heavy (non-hydrogen) atoms. The van der Waals surface area contributed by atoms with Crippen molar-refractivity contribution >= 4 is 0 Å². The lowest BCUT2D eigenvalue weighted by atomic mass is 9.85. The Hall–Kier alpha value is -0.120. The zero-order valence-corrected chi connectivity index (χ0v) is 10.6. The third-order valence-electron chi connectivity index (χ3n) is 4.05. The summed E-state index contributed by atoms with van der Waals surface area (Å²) in [6, 6.07) is 0. The van der Waals surface area contributed by atoms with E-state index in [1.165, 1.54) is 32.5 Å². The van der Waals surface area contributed by atoms with Crippen LogP contribution in [0.1, 0.15) is 33.6 Å². The summed E-state index contributed by atoms with van der Waals surface area (Å²) >= 11 is 0. The molecule has 1 aliphatic heterocycles. The van der Waals surface area contributed by atoms with E-state index in [-0.39, 0.29) is 5.54 Å². The molecule has 90 valence electrons. The molecule has 3 nitrogen and oxygen atoms in total. The lowest BCUT2D eigenvalue weighted by molar-refractivity contribution is 0.0355. The van der Waals surface area contributed by atoms with Gasteiger partial charge >= 0.3 is 0 Å². The second kappa shape index (κ2) is 5.83. The van der Waals surface area contributed by atoms with E-state index in [1.54, 1.807) is 0 Å². The zero-order valence-electron chi connectivity index (χ0n) is 10.6. The van der Waals surface area contributed by atoms with E-state index in [0.717, 1.165) is 19.6 Å². The van der Waals surface area contributed by atoms with Gasteiger partial charge in [0.15, 0.2) is 0 Å². The van der Waals surface area contributed by atoms with Gasteiger partial charge in [0.25, 0.3) is 0 Å². The Kier molecular flexibility index (Phi) is 5.03. The van der Waals surface area contributed by atoms with Gasteiger partial charge < -0.3 is 10.6 Å². The first-order chi connectivity index (χ1) is 7.22. The van der Waals surface area contributed by atoms with E-state index >= 15 is 0 Å². The summed E-state index contributed by atoms with van der Waals surface area (Å²) in [6.45, 7) is 13.4. The highest BCUT2D eigenvalue weighted by Crippen LogP contribution is 2.27. The number of hydrogen-bond donors (Lipinski definition) is 1. The van der Waals surface area contributed by atoms with Gasteiger partial charge in [0, 0.05) is 12.1 Å². The summed E-state index contributed by atoms with van der Waals surface area (Å²) in [7, 11) is 0. The number of piperidine rings is 1. The molecule has 0 saturated carbocycles. The fraction of sp³-hybridized carbons (Fsp3) is 1.00. The maximum atomic E-state index is 6.02. The quantitative estimate of drug-likeness (QED) is 0.743. The van der Waals surface area contributed by atoms with Crippen LogP contribution in [-0.2, 0) is 0 Å². The van der Waals surface area contributed by atoms with Crippen LogP contribution in [0, 0.1) is 0 Å². The number of likely N-dealkylation sites (tertiary alicyclic amines) is 1. The molecule has 1 saturated heterocycles. The van der Waals surface area contributed by atoms with Crippen LogP contribution in [0.15, 0.2) is 0 Å². The van der Waals surface area contributed by atoms with E-state index in [0.29, 0.717) is 0 Å². The predicted octanol–water partition coefficient (Wildman–Crippen LogP) is 1.14. The molecule has 0 unspecified atom stereocenters. The summed E-state index contributed by atoms with van der Waals surface area (Å²) in [5, 5.41) is 0. The molecular weight excluding hydrogens is 186 g/mol. The average molecular weight is 213 g/mol. The molecule has 0 aromatic carbocycles. The lowest BCUT2D eigenvalue weighted by Gasteiger charge is -2.47. The second-order valence-corrected chi connectivity index (χ2v) is 4.54. The zero-order chi connectivity index (χ0) is 11.3. The van der Waals surface area contributed by atoms with Crippen molar-refractivity contribution in [2.24, 2.45) is 5.73 Å². The molecule has 0 aromatic heterocycles. The van der Waals surface area contributed by atoms with Crippen LogP contribution in [0.2, 0.25) is 0 Å². The van der Waals surface area contributed by atoms with Crippen molar-refractivity contribution in [2.45, 2.75) is 39.2 Å². The number of rotatable bonds is 5. The maximum absolute atomic E-state index is 6.02. The number of likely N-dealkylation sites (N-methyl/N-ethyl adjacent to an activating group) is 1. The summed E-state index contributed by atoms with van der Waals surface area (Å²) < 4.78 is 0. The van der Waals surface area contributed by atoms with Crippen molar-refractivity contribution in [1.82, 2.24) is 9.80 Å². The first kappa shape index (κ1) is 12.9. The van der Waals surface area contributed by atoms with Crippen LogP contribution in [0.25, 0.3) is 0 Å². The van der Waals surface area contributed by atoms with Gasteiger partial charge in [0.1, 0.15) is 0 Å². The molecule has 0 bridgehead atoms. The van der Waals surface area contributed by atoms with Crippen molar-refractivity contribution < 1.29 is 0 Å². The van der Waals surface area contributed by atoms with Crippen LogP contribution in [-0.4, -0.2) is 54.6 Å². The van der Waals surface area contributed by atoms with Crippen molar-refractivity contribution in [2.75, 3.05) is 39.3 Å². The first-order valence-electron chi connectivity index (χ1n) is 6.39. The number of nitrogens with two attached hydrogens (primary N) is 1. The van der Waals surface area contributed by atoms with E-state index in [1.807, 2.05) is 0 Å². The predicted molar refractivity (Wildman–Crippen MR) is 66.1 cm³/mol. The van der Waals surface area contributed by atoms with Gasteiger partial charge in [-0.05, 0) is 45.6 Å².